The molecule has 0 bridgehead atoms. The number of aliphatic hydroxyl groups is 1. The van der Waals surface area contributed by atoms with Crippen LogP contribution in [0.15, 0.2) is 42.6 Å². The molecule has 0 fully saturated rings. The fourth-order valence-electron chi connectivity index (χ4n) is 1.77. The van der Waals surface area contributed by atoms with Crippen molar-refractivity contribution in [3.63, 3.8) is 0 Å². The van der Waals surface area contributed by atoms with E-state index in [0.29, 0.717) is 17.0 Å². The molecule has 1 atom stereocenters. The number of aromatic nitrogens is 1. The summed E-state index contributed by atoms with van der Waals surface area (Å²) in [7, 11) is 1.33. The Hall–Kier alpha value is -2.40. The molecule has 0 aliphatic rings. The molecule has 0 amide bonds. The second kappa shape index (κ2) is 6.85. The molecule has 2 rings (SSSR count). The molecule has 110 valence electrons. The third-order valence-corrected chi connectivity index (χ3v) is 2.97. The molecular weight excluding hydrogens is 270 g/mol. The highest BCUT2D eigenvalue weighted by molar-refractivity contribution is 5.88. The topological polar surface area (TPSA) is 68.7 Å². The van der Waals surface area contributed by atoms with Crippen LogP contribution in [0.5, 0.6) is 5.75 Å². The highest BCUT2D eigenvalue weighted by atomic mass is 16.5. The van der Waals surface area contributed by atoms with Gasteiger partial charge in [-0.15, -0.1) is 0 Å². The van der Waals surface area contributed by atoms with E-state index < -0.39 is 12.1 Å². The van der Waals surface area contributed by atoms with Gasteiger partial charge < -0.3 is 14.6 Å². The SMILES string of the molecule is COC(=O)c1ccc(COc2cccc([C@@H](C)O)c2)nc1. The molecule has 0 aliphatic heterocycles. The van der Waals surface area contributed by atoms with Gasteiger partial charge >= 0.3 is 5.97 Å². The Labute approximate surface area is 123 Å². The first-order chi connectivity index (χ1) is 10.1. The fraction of sp³-hybridized carbons (Fsp3) is 0.250. The molecule has 0 radical (unpaired) electrons. The third-order valence-electron chi connectivity index (χ3n) is 2.97. The molecule has 0 saturated carbocycles. The summed E-state index contributed by atoms with van der Waals surface area (Å²) in [5.41, 5.74) is 1.89. The minimum Gasteiger partial charge on any atom is -0.487 e. The Morgan fingerprint density at radius 3 is 2.76 bits per heavy atom. The molecule has 21 heavy (non-hydrogen) atoms. The predicted molar refractivity (Wildman–Crippen MR) is 77.0 cm³/mol. The second-order valence-electron chi connectivity index (χ2n) is 4.57. The number of carbonyl (C=O) groups is 1. The second-order valence-corrected chi connectivity index (χ2v) is 4.57. The van der Waals surface area contributed by atoms with E-state index in [1.807, 2.05) is 18.2 Å². The molecule has 1 aromatic heterocycles. The summed E-state index contributed by atoms with van der Waals surface area (Å²) in [6, 6.07) is 10.6. The van der Waals surface area contributed by atoms with Crippen LogP contribution in [-0.2, 0) is 11.3 Å². The smallest absolute Gasteiger partial charge is 0.339 e. The summed E-state index contributed by atoms with van der Waals surface area (Å²) in [6.45, 7) is 1.98. The molecule has 5 heteroatoms. The van der Waals surface area contributed by atoms with Crippen LogP contribution in [0.1, 0.15) is 34.6 Å². The van der Waals surface area contributed by atoms with Crippen LogP contribution in [0.3, 0.4) is 0 Å². The molecule has 1 N–H and O–H groups in total. The first kappa shape index (κ1) is 15.0. The molecule has 5 nitrogen and oxygen atoms in total. The number of hydrogen-bond donors (Lipinski definition) is 1. The molecule has 1 aromatic carbocycles. The standard InChI is InChI=1S/C16H17NO4/c1-11(18)12-4-3-5-15(8-12)21-10-14-7-6-13(9-17-14)16(19)20-2/h3-9,11,18H,10H2,1-2H3/t11-/m1/s1. The lowest BCUT2D eigenvalue weighted by atomic mass is 10.1. The number of carbonyl (C=O) groups excluding carboxylic acids is 1. The highest BCUT2D eigenvalue weighted by Crippen LogP contribution is 2.19. The number of hydrogen-bond acceptors (Lipinski definition) is 5. The number of nitrogens with zero attached hydrogens (tertiary/aromatic N) is 1. The summed E-state index contributed by atoms with van der Waals surface area (Å²) in [5, 5.41) is 9.53. The quantitative estimate of drug-likeness (QED) is 0.856. The monoisotopic (exact) mass is 287 g/mol. The highest BCUT2D eigenvalue weighted by Gasteiger charge is 2.06. The normalized spacial score (nSPS) is 11.8. The van der Waals surface area contributed by atoms with E-state index in [1.165, 1.54) is 13.3 Å². The summed E-state index contributed by atoms with van der Waals surface area (Å²) in [4.78, 5) is 15.4. The van der Waals surface area contributed by atoms with Crippen LogP contribution < -0.4 is 4.74 Å². The zero-order valence-electron chi connectivity index (χ0n) is 11.9. The van der Waals surface area contributed by atoms with Gasteiger partial charge in [0, 0.05) is 6.20 Å². The van der Waals surface area contributed by atoms with E-state index in [0.717, 1.165) is 5.56 Å². The van der Waals surface area contributed by atoms with Crippen molar-refractivity contribution in [3.8, 4) is 5.75 Å². The Balaban J connectivity index is 2.00. The van der Waals surface area contributed by atoms with Gasteiger partial charge in [-0.2, -0.15) is 0 Å². The summed E-state index contributed by atoms with van der Waals surface area (Å²) >= 11 is 0. The van der Waals surface area contributed by atoms with Crippen molar-refractivity contribution in [1.29, 1.82) is 0 Å². The number of aliphatic hydroxyl groups excluding tert-OH is 1. The Kier molecular flexibility index (Phi) is 4.90. The van der Waals surface area contributed by atoms with Crippen LogP contribution in [0.2, 0.25) is 0 Å². The van der Waals surface area contributed by atoms with Gasteiger partial charge in [0.25, 0.3) is 0 Å². The lowest BCUT2D eigenvalue weighted by Gasteiger charge is -2.09. The van der Waals surface area contributed by atoms with E-state index in [1.54, 1.807) is 25.1 Å². The van der Waals surface area contributed by atoms with Crippen molar-refractivity contribution in [2.24, 2.45) is 0 Å². The van der Waals surface area contributed by atoms with Crippen LogP contribution in [0, 0.1) is 0 Å². The van der Waals surface area contributed by atoms with Gasteiger partial charge in [0.2, 0.25) is 0 Å². The lowest BCUT2D eigenvalue weighted by molar-refractivity contribution is 0.0600. The van der Waals surface area contributed by atoms with Gasteiger partial charge in [0.05, 0.1) is 24.5 Å². The number of rotatable bonds is 5. The van der Waals surface area contributed by atoms with Gasteiger partial charge in [-0.1, -0.05) is 12.1 Å². The number of benzene rings is 1. The first-order valence-electron chi connectivity index (χ1n) is 6.54. The lowest BCUT2D eigenvalue weighted by Crippen LogP contribution is -2.04. The summed E-state index contributed by atoms with van der Waals surface area (Å²) < 4.78 is 10.2. The van der Waals surface area contributed by atoms with Crippen molar-refractivity contribution in [3.05, 3.63) is 59.4 Å². The van der Waals surface area contributed by atoms with E-state index in [9.17, 15) is 9.90 Å². The largest absolute Gasteiger partial charge is 0.487 e. The van der Waals surface area contributed by atoms with Crippen molar-refractivity contribution in [2.75, 3.05) is 7.11 Å². The zero-order chi connectivity index (χ0) is 15.2. The fourth-order valence-corrected chi connectivity index (χ4v) is 1.77. The van der Waals surface area contributed by atoms with Gasteiger partial charge in [0.15, 0.2) is 0 Å². The Morgan fingerprint density at radius 1 is 1.33 bits per heavy atom. The summed E-state index contributed by atoms with van der Waals surface area (Å²) in [5.74, 6) is 0.242. The maximum atomic E-state index is 11.3. The van der Waals surface area contributed by atoms with E-state index in [-0.39, 0.29) is 6.61 Å². The van der Waals surface area contributed by atoms with Gasteiger partial charge in [-0.25, -0.2) is 4.79 Å². The predicted octanol–water partition coefficient (Wildman–Crippen LogP) is 2.50. The van der Waals surface area contributed by atoms with Crippen LogP contribution in [-0.4, -0.2) is 23.2 Å². The van der Waals surface area contributed by atoms with Crippen molar-refractivity contribution in [2.45, 2.75) is 19.6 Å². The van der Waals surface area contributed by atoms with E-state index in [4.69, 9.17) is 4.74 Å². The van der Waals surface area contributed by atoms with Gasteiger partial charge in [-0.05, 0) is 36.8 Å². The van der Waals surface area contributed by atoms with Gasteiger partial charge in [0.1, 0.15) is 12.4 Å². The average molecular weight is 287 g/mol. The van der Waals surface area contributed by atoms with Crippen molar-refractivity contribution in [1.82, 2.24) is 4.98 Å². The number of methoxy groups -OCH3 is 1. The first-order valence-corrected chi connectivity index (χ1v) is 6.54. The minimum absolute atomic E-state index is 0.282. The van der Waals surface area contributed by atoms with Crippen LogP contribution >= 0.6 is 0 Å². The molecular formula is C16H17NO4. The molecule has 1 heterocycles. The zero-order valence-corrected chi connectivity index (χ0v) is 11.9. The number of esters is 1. The maximum absolute atomic E-state index is 11.3. The Morgan fingerprint density at radius 2 is 2.14 bits per heavy atom. The summed E-state index contributed by atoms with van der Waals surface area (Å²) in [6.07, 6.45) is 0.919. The molecule has 0 aliphatic carbocycles. The van der Waals surface area contributed by atoms with Crippen molar-refractivity contribution >= 4 is 5.97 Å². The van der Waals surface area contributed by atoms with E-state index >= 15 is 0 Å². The molecule has 0 spiro atoms. The van der Waals surface area contributed by atoms with Crippen molar-refractivity contribution < 1.29 is 19.4 Å². The molecule has 0 unspecified atom stereocenters. The van der Waals surface area contributed by atoms with Crippen LogP contribution in [0.25, 0.3) is 0 Å². The molecule has 2 aromatic rings. The average Bonchev–Trinajstić information content (AvgIpc) is 2.53. The maximum Gasteiger partial charge on any atom is 0.339 e. The Bertz CT molecular complexity index is 608. The minimum atomic E-state index is -0.536. The molecule has 0 saturated heterocycles. The van der Waals surface area contributed by atoms with Gasteiger partial charge in [-0.3, -0.25) is 4.98 Å². The number of pyridine rings is 1. The number of ether oxygens (including phenoxy) is 2. The van der Waals surface area contributed by atoms with Crippen LogP contribution in [0.4, 0.5) is 0 Å². The third kappa shape index (κ3) is 4.03. The van der Waals surface area contributed by atoms with E-state index in [2.05, 4.69) is 9.72 Å².